The third-order valence-corrected chi connectivity index (χ3v) is 5.52. The van der Waals surface area contributed by atoms with Gasteiger partial charge in [0.2, 0.25) is 0 Å². The second kappa shape index (κ2) is 7.66. The van der Waals surface area contributed by atoms with Gasteiger partial charge >= 0.3 is 0 Å². The topological polar surface area (TPSA) is 81.2 Å². The summed E-state index contributed by atoms with van der Waals surface area (Å²) in [6, 6.07) is 0.529. The first-order chi connectivity index (χ1) is 11.6. The molecule has 6 heteroatoms. The van der Waals surface area contributed by atoms with Crippen molar-refractivity contribution in [1.29, 1.82) is 0 Å². The highest BCUT2D eigenvalue weighted by atomic mass is 16.3. The van der Waals surface area contributed by atoms with E-state index in [0.717, 1.165) is 50.9 Å². The van der Waals surface area contributed by atoms with E-state index < -0.39 is 0 Å². The molecule has 24 heavy (non-hydrogen) atoms. The van der Waals surface area contributed by atoms with E-state index in [4.69, 9.17) is 0 Å². The molecule has 1 aliphatic heterocycles. The predicted octanol–water partition coefficient (Wildman–Crippen LogP) is 2.03. The zero-order valence-electron chi connectivity index (χ0n) is 14.8. The molecule has 1 aromatic rings. The number of hydrogen-bond acceptors (Lipinski definition) is 4. The molecule has 134 valence electrons. The zero-order valence-corrected chi connectivity index (χ0v) is 14.8. The summed E-state index contributed by atoms with van der Waals surface area (Å²) in [5, 5.41) is 20.3. The lowest BCUT2D eigenvalue weighted by atomic mass is 9.89. The normalized spacial score (nSPS) is 26.7. The van der Waals surface area contributed by atoms with Crippen molar-refractivity contribution in [1.82, 2.24) is 20.4 Å². The van der Waals surface area contributed by atoms with Gasteiger partial charge in [0.1, 0.15) is 0 Å². The molecule has 0 aromatic carbocycles. The lowest BCUT2D eigenvalue weighted by Crippen LogP contribution is -2.52. The highest BCUT2D eigenvalue weighted by Gasteiger charge is 2.32. The van der Waals surface area contributed by atoms with Crippen molar-refractivity contribution in [2.75, 3.05) is 13.1 Å². The predicted molar refractivity (Wildman–Crippen MR) is 93.0 cm³/mol. The fourth-order valence-electron chi connectivity index (χ4n) is 4.07. The van der Waals surface area contributed by atoms with E-state index in [1.54, 1.807) is 6.20 Å². The molecule has 1 saturated carbocycles. The minimum atomic E-state index is -0.176. The molecule has 2 atom stereocenters. The first kappa shape index (κ1) is 17.4. The highest BCUT2D eigenvalue weighted by molar-refractivity contribution is 5.95. The Morgan fingerprint density at radius 2 is 2.00 bits per heavy atom. The van der Waals surface area contributed by atoms with Crippen LogP contribution in [0.25, 0.3) is 0 Å². The Kier molecular flexibility index (Phi) is 5.56. The summed E-state index contributed by atoms with van der Waals surface area (Å²) in [6.07, 6.45) is 7.74. The van der Waals surface area contributed by atoms with E-state index in [-0.39, 0.29) is 24.0 Å². The van der Waals surface area contributed by atoms with Gasteiger partial charge in [-0.1, -0.05) is 26.7 Å². The summed E-state index contributed by atoms with van der Waals surface area (Å²) in [5.74, 6) is 0.228. The molecule has 1 aliphatic carbocycles. The molecule has 3 N–H and O–H groups in total. The van der Waals surface area contributed by atoms with E-state index in [1.165, 1.54) is 6.42 Å². The third kappa shape index (κ3) is 3.81. The second-order valence-electron chi connectivity index (χ2n) is 7.55. The number of H-pyrrole nitrogens is 1. The maximum absolute atomic E-state index is 12.5. The van der Waals surface area contributed by atoms with Gasteiger partial charge in [-0.25, -0.2) is 0 Å². The largest absolute Gasteiger partial charge is 0.391 e. The number of likely N-dealkylation sites (tertiary alicyclic amines) is 1. The molecular weight excluding hydrogens is 304 g/mol. The average Bonchev–Trinajstić information content (AvgIpc) is 3.06. The Labute approximate surface area is 144 Å². The fraction of sp³-hybridized carbons (Fsp3) is 0.778. The number of carbonyl (C=O) groups is 1. The molecule has 2 aliphatic rings. The van der Waals surface area contributed by atoms with Crippen LogP contribution in [0.2, 0.25) is 0 Å². The number of rotatable bonds is 4. The summed E-state index contributed by atoms with van der Waals surface area (Å²) in [4.78, 5) is 14.9. The maximum Gasteiger partial charge on any atom is 0.254 e. The summed E-state index contributed by atoms with van der Waals surface area (Å²) in [7, 11) is 0. The van der Waals surface area contributed by atoms with Crippen LogP contribution in [0, 0.1) is 0 Å². The van der Waals surface area contributed by atoms with Crippen LogP contribution in [0.3, 0.4) is 0 Å². The van der Waals surface area contributed by atoms with E-state index in [2.05, 4.69) is 34.3 Å². The number of hydrogen-bond donors (Lipinski definition) is 3. The van der Waals surface area contributed by atoms with Crippen LogP contribution in [0.4, 0.5) is 0 Å². The standard InChI is InChI=1S/C18H30N4O2/c1-12(2)17-14(11-19-21-17)18(24)20-13-7-9-22(10-8-13)15-5-3-4-6-16(15)23/h11-13,15-16,23H,3-10H2,1-2H3,(H,19,21)(H,20,24). The smallest absolute Gasteiger partial charge is 0.254 e. The van der Waals surface area contributed by atoms with Gasteiger partial charge in [-0.2, -0.15) is 5.10 Å². The summed E-state index contributed by atoms with van der Waals surface area (Å²) < 4.78 is 0. The summed E-state index contributed by atoms with van der Waals surface area (Å²) in [5.41, 5.74) is 1.56. The van der Waals surface area contributed by atoms with Crippen molar-refractivity contribution >= 4 is 5.91 Å². The van der Waals surface area contributed by atoms with Gasteiger partial charge < -0.3 is 10.4 Å². The molecule has 0 bridgehead atoms. The first-order valence-electron chi connectivity index (χ1n) is 9.32. The molecule has 0 radical (unpaired) electrons. The summed E-state index contributed by atoms with van der Waals surface area (Å²) >= 11 is 0. The molecular formula is C18H30N4O2. The van der Waals surface area contributed by atoms with Crippen LogP contribution < -0.4 is 5.32 Å². The third-order valence-electron chi connectivity index (χ3n) is 5.52. The van der Waals surface area contributed by atoms with Crippen molar-refractivity contribution in [3.05, 3.63) is 17.5 Å². The molecule has 0 spiro atoms. The lowest BCUT2D eigenvalue weighted by molar-refractivity contribution is 0.00727. The Morgan fingerprint density at radius 3 is 2.67 bits per heavy atom. The minimum absolute atomic E-state index is 0.0244. The van der Waals surface area contributed by atoms with E-state index in [9.17, 15) is 9.90 Å². The Bertz CT molecular complexity index is 549. The number of aliphatic hydroxyl groups excluding tert-OH is 1. The van der Waals surface area contributed by atoms with E-state index in [0.29, 0.717) is 11.6 Å². The molecule has 1 saturated heterocycles. The van der Waals surface area contributed by atoms with E-state index in [1.807, 2.05) is 0 Å². The second-order valence-corrected chi connectivity index (χ2v) is 7.55. The van der Waals surface area contributed by atoms with Gasteiger partial charge in [-0.3, -0.25) is 14.8 Å². The van der Waals surface area contributed by atoms with Crippen LogP contribution in [-0.4, -0.2) is 57.4 Å². The van der Waals surface area contributed by atoms with Crippen LogP contribution in [0.15, 0.2) is 6.20 Å². The van der Waals surface area contributed by atoms with Gasteiger partial charge in [0.05, 0.1) is 23.6 Å². The van der Waals surface area contributed by atoms with Crippen molar-refractivity contribution < 1.29 is 9.90 Å². The van der Waals surface area contributed by atoms with Crippen molar-refractivity contribution in [3.8, 4) is 0 Å². The van der Waals surface area contributed by atoms with Crippen LogP contribution in [0.1, 0.15) is 74.3 Å². The number of aromatic nitrogens is 2. The Morgan fingerprint density at radius 1 is 1.29 bits per heavy atom. The number of amides is 1. The zero-order chi connectivity index (χ0) is 17.1. The number of carbonyl (C=O) groups excluding carboxylic acids is 1. The van der Waals surface area contributed by atoms with Gasteiger partial charge in [0.25, 0.3) is 5.91 Å². The Hall–Kier alpha value is -1.40. The van der Waals surface area contributed by atoms with Gasteiger partial charge in [-0.05, 0) is 31.6 Å². The molecule has 1 amide bonds. The minimum Gasteiger partial charge on any atom is -0.391 e. The molecule has 3 rings (SSSR count). The van der Waals surface area contributed by atoms with Crippen molar-refractivity contribution in [2.24, 2.45) is 0 Å². The molecule has 2 unspecified atom stereocenters. The number of nitrogens with zero attached hydrogens (tertiary/aromatic N) is 2. The van der Waals surface area contributed by atoms with Gasteiger partial charge in [-0.15, -0.1) is 0 Å². The average molecular weight is 334 g/mol. The van der Waals surface area contributed by atoms with Gasteiger partial charge in [0, 0.05) is 25.2 Å². The number of aliphatic hydroxyl groups is 1. The fourth-order valence-corrected chi connectivity index (χ4v) is 4.07. The van der Waals surface area contributed by atoms with Crippen molar-refractivity contribution in [2.45, 2.75) is 76.5 Å². The maximum atomic E-state index is 12.5. The summed E-state index contributed by atoms with van der Waals surface area (Å²) in [6.45, 7) is 6.01. The van der Waals surface area contributed by atoms with Crippen LogP contribution in [0.5, 0.6) is 0 Å². The quantitative estimate of drug-likeness (QED) is 0.787. The van der Waals surface area contributed by atoms with E-state index >= 15 is 0 Å². The number of nitrogens with one attached hydrogen (secondary N) is 2. The lowest BCUT2D eigenvalue weighted by Gasteiger charge is -2.41. The monoisotopic (exact) mass is 334 g/mol. The van der Waals surface area contributed by atoms with Gasteiger partial charge in [0.15, 0.2) is 0 Å². The number of piperidine rings is 1. The van der Waals surface area contributed by atoms with Crippen molar-refractivity contribution in [3.63, 3.8) is 0 Å². The highest BCUT2D eigenvalue weighted by Crippen LogP contribution is 2.26. The molecule has 6 nitrogen and oxygen atoms in total. The first-order valence-corrected chi connectivity index (χ1v) is 9.32. The van der Waals surface area contributed by atoms with Crippen LogP contribution in [-0.2, 0) is 0 Å². The SMILES string of the molecule is CC(C)c1[nH]ncc1C(=O)NC1CCN(C2CCCCC2O)CC1. The molecule has 1 aromatic heterocycles. The molecule has 2 fully saturated rings. The Balaban J connectivity index is 1.52. The molecule has 2 heterocycles. The number of aromatic amines is 1. The van der Waals surface area contributed by atoms with Crippen LogP contribution >= 0.6 is 0 Å².